The molecule has 2 heterocycles. The maximum absolute atomic E-state index is 11.8. The molecule has 0 spiro atoms. The van der Waals surface area contributed by atoms with Gasteiger partial charge in [-0.2, -0.15) is 0 Å². The van der Waals surface area contributed by atoms with Crippen LogP contribution in [0.5, 0.6) is 0 Å². The van der Waals surface area contributed by atoms with E-state index in [1.807, 2.05) is 0 Å². The summed E-state index contributed by atoms with van der Waals surface area (Å²) in [6, 6.07) is 3.53. The number of carbonyl (C=O) groups excluding carboxylic acids is 3. The lowest BCUT2D eigenvalue weighted by Gasteiger charge is -2.24. The monoisotopic (exact) mass is 566 g/mol. The topological polar surface area (TPSA) is 106 Å². The van der Waals surface area contributed by atoms with E-state index in [0.29, 0.717) is 11.0 Å². The zero-order valence-electron chi connectivity index (χ0n) is 16.1. The summed E-state index contributed by atoms with van der Waals surface area (Å²) in [5.41, 5.74) is 1.15. The van der Waals surface area contributed by atoms with Gasteiger partial charge in [0.25, 0.3) is 0 Å². The summed E-state index contributed by atoms with van der Waals surface area (Å²) in [5, 5.41) is 0.0758. The molecule has 0 saturated carbocycles. The maximum Gasteiger partial charge on any atom is 0.303 e. The molecule has 0 radical (unpaired) electrons. The van der Waals surface area contributed by atoms with E-state index in [0.717, 1.165) is 8.95 Å². The van der Waals surface area contributed by atoms with E-state index in [-0.39, 0.29) is 11.9 Å². The molecule has 0 aliphatic carbocycles. The second kappa shape index (κ2) is 9.21. The van der Waals surface area contributed by atoms with Gasteiger partial charge in [-0.25, -0.2) is 4.98 Å². The number of aromatic nitrogens is 2. The third-order valence-corrected chi connectivity index (χ3v) is 6.39. The van der Waals surface area contributed by atoms with E-state index >= 15 is 0 Å². The van der Waals surface area contributed by atoms with Gasteiger partial charge in [-0.05, 0) is 55.6 Å². The van der Waals surface area contributed by atoms with E-state index in [4.69, 9.17) is 30.5 Å². The molecule has 3 rings (SSSR count). The molecule has 0 N–H and O–H groups in total. The number of imidazole rings is 1. The smallest absolute Gasteiger partial charge is 0.303 e. The van der Waals surface area contributed by atoms with Gasteiger partial charge in [-0.15, -0.1) is 0 Å². The lowest BCUT2D eigenvalue weighted by Crippen LogP contribution is -2.40. The van der Waals surface area contributed by atoms with Crippen LogP contribution >= 0.6 is 43.5 Å². The maximum atomic E-state index is 11.8. The minimum Gasteiger partial charge on any atom is -0.463 e. The quantitative estimate of drug-likeness (QED) is 0.399. The average molecular weight is 569 g/mol. The van der Waals surface area contributed by atoms with Crippen LogP contribution in [0.1, 0.15) is 27.0 Å². The van der Waals surface area contributed by atoms with Crippen molar-refractivity contribution in [2.75, 3.05) is 6.61 Å². The molecule has 0 bridgehead atoms. The van der Waals surface area contributed by atoms with Gasteiger partial charge in [-0.1, -0.05) is 0 Å². The second-order valence-corrected chi connectivity index (χ2v) is 8.57. The Morgan fingerprint density at radius 3 is 2.27 bits per heavy atom. The van der Waals surface area contributed by atoms with Crippen molar-refractivity contribution in [1.82, 2.24) is 9.55 Å². The predicted molar refractivity (Wildman–Crippen MR) is 112 cm³/mol. The highest BCUT2D eigenvalue weighted by Gasteiger charge is 2.51. The zero-order valence-corrected chi connectivity index (χ0v) is 20.0. The molecule has 1 aromatic heterocycles. The molecule has 162 valence electrons. The standard InChI is InChI=1S/C18H17Br2ClN2O7/c1-7(24)27-6-14-15(28-8(2)25)16(29-9(3)26)17(30-14)23-13-5-11(20)10(19)4-12(13)22-18(23)21/h4-5,14-17H,6H2,1-3H3/t14-,15-,16-,17+/m1/s1. The molecular formula is C18H17Br2ClN2O7. The van der Waals surface area contributed by atoms with Crippen LogP contribution in [-0.2, 0) is 33.3 Å². The van der Waals surface area contributed by atoms with Gasteiger partial charge in [0.05, 0.1) is 11.0 Å². The van der Waals surface area contributed by atoms with Crippen molar-refractivity contribution in [2.45, 2.75) is 45.3 Å². The molecule has 0 amide bonds. The normalized spacial score (nSPS) is 23.4. The van der Waals surface area contributed by atoms with E-state index in [1.54, 1.807) is 12.1 Å². The Balaban J connectivity index is 2.09. The molecule has 0 unspecified atom stereocenters. The van der Waals surface area contributed by atoms with Crippen LogP contribution in [0.4, 0.5) is 0 Å². The average Bonchev–Trinajstić information content (AvgIpc) is 3.10. The van der Waals surface area contributed by atoms with Gasteiger partial charge in [0.2, 0.25) is 5.28 Å². The molecule has 1 aliphatic heterocycles. The molecule has 12 heteroatoms. The first-order valence-corrected chi connectivity index (χ1v) is 10.7. The number of fused-ring (bicyclic) bond motifs is 1. The van der Waals surface area contributed by atoms with E-state index in [9.17, 15) is 14.4 Å². The summed E-state index contributed by atoms with van der Waals surface area (Å²) in [7, 11) is 0. The number of hydrogen-bond donors (Lipinski definition) is 0. The molecule has 1 aromatic carbocycles. The number of ether oxygens (including phenoxy) is 4. The highest BCUT2D eigenvalue weighted by atomic mass is 79.9. The summed E-state index contributed by atoms with van der Waals surface area (Å²) in [6.45, 7) is 3.48. The molecule has 4 atom stereocenters. The molecule has 1 saturated heterocycles. The van der Waals surface area contributed by atoms with Gasteiger partial charge >= 0.3 is 17.9 Å². The minimum atomic E-state index is -1.05. The number of esters is 3. The molecular weight excluding hydrogens is 551 g/mol. The largest absolute Gasteiger partial charge is 0.463 e. The van der Waals surface area contributed by atoms with E-state index < -0.39 is 42.4 Å². The van der Waals surface area contributed by atoms with Gasteiger partial charge in [-0.3, -0.25) is 19.0 Å². The third kappa shape index (κ3) is 4.79. The molecule has 2 aromatic rings. The van der Waals surface area contributed by atoms with Crippen LogP contribution in [0.2, 0.25) is 5.28 Å². The molecule has 30 heavy (non-hydrogen) atoms. The highest BCUT2D eigenvalue weighted by Crippen LogP contribution is 2.39. The Kier molecular flexibility index (Phi) is 7.05. The second-order valence-electron chi connectivity index (χ2n) is 6.52. The first kappa shape index (κ1) is 23.0. The Morgan fingerprint density at radius 2 is 1.67 bits per heavy atom. The van der Waals surface area contributed by atoms with Crippen LogP contribution in [0.3, 0.4) is 0 Å². The Bertz CT molecular complexity index is 1010. The van der Waals surface area contributed by atoms with Crippen molar-refractivity contribution >= 4 is 72.4 Å². The predicted octanol–water partition coefficient (Wildman–Crippen LogP) is 3.54. The minimum absolute atomic E-state index is 0.0758. The van der Waals surface area contributed by atoms with Crippen molar-refractivity contribution < 1.29 is 33.3 Å². The van der Waals surface area contributed by atoms with E-state index in [1.165, 1.54) is 25.3 Å². The fraction of sp³-hybridized carbons (Fsp3) is 0.444. The zero-order chi connectivity index (χ0) is 22.2. The van der Waals surface area contributed by atoms with Crippen LogP contribution in [0.25, 0.3) is 11.0 Å². The summed E-state index contributed by atoms with van der Waals surface area (Å²) in [4.78, 5) is 39.1. The SMILES string of the molecule is CC(=O)OC[C@H]1O[C@H](n2c(Cl)nc3cc(Br)c(Br)cc32)[C@H](OC(C)=O)[C@@H]1OC(C)=O. The summed E-state index contributed by atoms with van der Waals surface area (Å²) >= 11 is 13.2. The van der Waals surface area contributed by atoms with Crippen LogP contribution < -0.4 is 0 Å². The lowest BCUT2D eigenvalue weighted by atomic mass is 10.1. The van der Waals surface area contributed by atoms with Crippen molar-refractivity contribution in [3.05, 3.63) is 26.4 Å². The van der Waals surface area contributed by atoms with Crippen LogP contribution in [0.15, 0.2) is 21.1 Å². The molecule has 1 fully saturated rings. The summed E-state index contributed by atoms with van der Waals surface area (Å²) < 4.78 is 24.9. The number of nitrogens with zero attached hydrogens (tertiary/aromatic N) is 2. The number of benzene rings is 1. The summed E-state index contributed by atoms with van der Waals surface area (Å²) in [6.07, 6.45) is -3.95. The van der Waals surface area contributed by atoms with Crippen molar-refractivity contribution in [1.29, 1.82) is 0 Å². The van der Waals surface area contributed by atoms with Gasteiger partial charge in [0, 0.05) is 29.7 Å². The van der Waals surface area contributed by atoms with Gasteiger partial charge in [0.15, 0.2) is 18.4 Å². The fourth-order valence-corrected chi connectivity index (χ4v) is 4.14. The Labute approximate surface area is 193 Å². The van der Waals surface area contributed by atoms with Crippen LogP contribution in [0, 0.1) is 0 Å². The van der Waals surface area contributed by atoms with Gasteiger partial charge in [0.1, 0.15) is 12.7 Å². The molecule has 1 aliphatic rings. The number of carbonyl (C=O) groups is 3. The van der Waals surface area contributed by atoms with Crippen molar-refractivity contribution in [3.8, 4) is 0 Å². The highest BCUT2D eigenvalue weighted by molar-refractivity contribution is 9.13. The lowest BCUT2D eigenvalue weighted by molar-refractivity contribution is -0.166. The fourth-order valence-electron chi connectivity index (χ4n) is 3.20. The van der Waals surface area contributed by atoms with E-state index in [2.05, 4.69) is 36.8 Å². The molecule has 9 nitrogen and oxygen atoms in total. The van der Waals surface area contributed by atoms with Crippen LogP contribution in [-0.4, -0.2) is 52.4 Å². The summed E-state index contributed by atoms with van der Waals surface area (Å²) in [5.74, 6) is -1.75. The first-order chi connectivity index (χ1) is 14.1. The van der Waals surface area contributed by atoms with Gasteiger partial charge < -0.3 is 18.9 Å². The first-order valence-electron chi connectivity index (χ1n) is 8.74. The third-order valence-electron chi connectivity index (χ3n) is 4.28. The number of halogens is 3. The Hall–Kier alpha value is -1.69. The Morgan fingerprint density at radius 1 is 1.07 bits per heavy atom. The van der Waals surface area contributed by atoms with Crippen molar-refractivity contribution in [3.63, 3.8) is 0 Å². The van der Waals surface area contributed by atoms with Crippen molar-refractivity contribution in [2.24, 2.45) is 0 Å². The number of rotatable bonds is 5. The number of hydrogen-bond acceptors (Lipinski definition) is 8.